The van der Waals surface area contributed by atoms with Gasteiger partial charge in [-0.3, -0.25) is 4.79 Å². The summed E-state index contributed by atoms with van der Waals surface area (Å²) in [5.74, 6) is -0.161. The average molecular weight is 338 g/mol. The molecule has 1 saturated heterocycles. The summed E-state index contributed by atoms with van der Waals surface area (Å²) in [7, 11) is 0. The summed E-state index contributed by atoms with van der Waals surface area (Å²) in [4.78, 5) is 12.4. The highest BCUT2D eigenvalue weighted by Crippen LogP contribution is 2.25. The summed E-state index contributed by atoms with van der Waals surface area (Å²) in [5.41, 5.74) is 2.02. The van der Waals surface area contributed by atoms with Gasteiger partial charge in [0.1, 0.15) is 0 Å². The van der Waals surface area contributed by atoms with Crippen LogP contribution < -0.4 is 5.32 Å². The van der Waals surface area contributed by atoms with Crippen LogP contribution in [-0.2, 0) is 14.3 Å². The highest BCUT2D eigenvalue weighted by molar-refractivity contribution is 7.08. The highest BCUT2D eigenvalue weighted by atomic mass is 35.5. The standard InChI is InChI=1S/C16H16ClNO3S/c17-13-3-1-11(2-4-13)15(12-5-8-22-10-12)18-16(19)14-9-20-6-7-21-14/h1-5,8,10,14-15H,6-7,9H2,(H,18,19)/t14-,15+/m0/s1. The third kappa shape index (κ3) is 3.67. The average Bonchev–Trinajstić information content (AvgIpc) is 3.08. The molecule has 6 heteroatoms. The van der Waals surface area contributed by atoms with E-state index in [1.54, 1.807) is 11.3 Å². The van der Waals surface area contributed by atoms with E-state index in [0.29, 0.717) is 24.8 Å². The van der Waals surface area contributed by atoms with E-state index in [-0.39, 0.29) is 11.9 Å². The van der Waals surface area contributed by atoms with Crippen LogP contribution in [0, 0.1) is 0 Å². The van der Waals surface area contributed by atoms with Gasteiger partial charge >= 0.3 is 0 Å². The molecule has 1 amide bonds. The van der Waals surface area contributed by atoms with E-state index in [0.717, 1.165) is 11.1 Å². The van der Waals surface area contributed by atoms with Crippen molar-refractivity contribution in [1.29, 1.82) is 0 Å². The van der Waals surface area contributed by atoms with Gasteiger partial charge in [0, 0.05) is 5.02 Å². The lowest BCUT2D eigenvalue weighted by atomic mass is 10.0. The molecular formula is C16H16ClNO3S. The van der Waals surface area contributed by atoms with E-state index < -0.39 is 6.10 Å². The molecule has 1 aromatic carbocycles. The van der Waals surface area contributed by atoms with E-state index in [4.69, 9.17) is 21.1 Å². The smallest absolute Gasteiger partial charge is 0.252 e. The van der Waals surface area contributed by atoms with E-state index in [9.17, 15) is 4.79 Å². The first kappa shape index (κ1) is 15.5. The number of carbonyl (C=O) groups is 1. The fourth-order valence-corrected chi connectivity index (χ4v) is 3.14. The van der Waals surface area contributed by atoms with E-state index in [1.807, 2.05) is 41.1 Å². The lowest BCUT2D eigenvalue weighted by Gasteiger charge is -2.25. The van der Waals surface area contributed by atoms with Crippen LogP contribution in [0.15, 0.2) is 41.1 Å². The van der Waals surface area contributed by atoms with Gasteiger partial charge in [0.2, 0.25) is 0 Å². The minimum atomic E-state index is -0.554. The Morgan fingerprint density at radius 3 is 2.68 bits per heavy atom. The van der Waals surface area contributed by atoms with Crippen molar-refractivity contribution >= 4 is 28.8 Å². The third-order valence-electron chi connectivity index (χ3n) is 3.47. The molecule has 0 aliphatic carbocycles. The van der Waals surface area contributed by atoms with Crippen LogP contribution in [0.25, 0.3) is 0 Å². The minimum absolute atomic E-state index is 0.161. The lowest BCUT2D eigenvalue weighted by molar-refractivity contribution is -0.148. The molecule has 0 saturated carbocycles. The topological polar surface area (TPSA) is 47.6 Å². The Labute approximate surface area is 138 Å². The van der Waals surface area contributed by atoms with E-state index >= 15 is 0 Å². The number of benzene rings is 1. The molecule has 3 rings (SSSR count). The molecule has 4 nitrogen and oxygen atoms in total. The summed E-state index contributed by atoms with van der Waals surface area (Å²) in [5, 5.41) is 7.73. The van der Waals surface area contributed by atoms with Crippen LogP contribution in [0.4, 0.5) is 0 Å². The fourth-order valence-electron chi connectivity index (χ4n) is 2.33. The molecule has 1 fully saturated rings. The van der Waals surface area contributed by atoms with Gasteiger partial charge in [-0.1, -0.05) is 23.7 Å². The highest BCUT2D eigenvalue weighted by Gasteiger charge is 2.26. The number of thiophene rings is 1. The number of hydrogen-bond donors (Lipinski definition) is 1. The molecule has 0 spiro atoms. The van der Waals surface area contributed by atoms with Gasteiger partial charge in [0.25, 0.3) is 5.91 Å². The Bertz CT molecular complexity index is 609. The molecule has 116 valence electrons. The maximum absolute atomic E-state index is 12.4. The fraction of sp³-hybridized carbons (Fsp3) is 0.312. The molecule has 1 aliphatic heterocycles. The SMILES string of the molecule is O=C(N[C@H](c1ccc(Cl)cc1)c1ccsc1)[C@@H]1COCCO1. The molecule has 2 heterocycles. The van der Waals surface area contributed by atoms with Crippen LogP contribution in [-0.4, -0.2) is 31.8 Å². The Morgan fingerprint density at radius 1 is 1.23 bits per heavy atom. The van der Waals surface area contributed by atoms with Gasteiger partial charge in [-0.2, -0.15) is 11.3 Å². The zero-order chi connectivity index (χ0) is 15.4. The first-order chi connectivity index (χ1) is 10.7. The number of ether oxygens (including phenoxy) is 2. The number of halogens is 1. The first-order valence-corrected chi connectivity index (χ1v) is 8.33. The molecule has 1 N–H and O–H groups in total. The molecule has 0 radical (unpaired) electrons. The van der Waals surface area contributed by atoms with Crippen molar-refractivity contribution in [2.75, 3.05) is 19.8 Å². The van der Waals surface area contributed by atoms with Crippen LogP contribution in [0.2, 0.25) is 5.02 Å². The molecule has 0 unspecified atom stereocenters. The maximum atomic E-state index is 12.4. The van der Waals surface area contributed by atoms with Crippen LogP contribution in [0.3, 0.4) is 0 Å². The molecular weight excluding hydrogens is 322 g/mol. The van der Waals surface area contributed by atoms with Gasteiger partial charge < -0.3 is 14.8 Å². The van der Waals surface area contributed by atoms with Crippen molar-refractivity contribution in [1.82, 2.24) is 5.32 Å². The lowest BCUT2D eigenvalue weighted by Crippen LogP contribution is -2.44. The maximum Gasteiger partial charge on any atom is 0.252 e. The van der Waals surface area contributed by atoms with Crippen molar-refractivity contribution in [3.8, 4) is 0 Å². The van der Waals surface area contributed by atoms with Crippen molar-refractivity contribution in [2.45, 2.75) is 12.1 Å². The molecule has 0 bridgehead atoms. The van der Waals surface area contributed by atoms with Crippen molar-refractivity contribution in [3.63, 3.8) is 0 Å². The van der Waals surface area contributed by atoms with Gasteiger partial charge in [-0.25, -0.2) is 0 Å². The van der Waals surface area contributed by atoms with Crippen LogP contribution in [0.5, 0.6) is 0 Å². The molecule has 22 heavy (non-hydrogen) atoms. The monoisotopic (exact) mass is 337 g/mol. The normalized spacial score (nSPS) is 19.6. The van der Waals surface area contributed by atoms with Crippen molar-refractivity contribution in [3.05, 3.63) is 57.2 Å². The second kappa shape index (κ2) is 7.24. The molecule has 1 aromatic heterocycles. The minimum Gasteiger partial charge on any atom is -0.376 e. The summed E-state index contributed by atoms with van der Waals surface area (Å²) in [6.45, 7) is 1.28. The Balaban J connectivity index is 1.79. The summed E-state index contributed by atoms with van der Waals surface area (Å²) in [6, 6.07) is 9.27. The number of rotatable bonds is 4. The number of carbonyl (C=O) groups excluding carboxylic acids is 1. The predicted octanol–water partition coefficient (Wildman–Crippen LogP) is 3.02. The quantitative estimate of drug-likeness (QED) is 0.933. The van der Waals surface area contributed by atoms with Gasteiger partial charge in [0.15, 0.2) is 6.10 Å². The number of hydrogen-bond acceptors (Lipinski definition) is 4. The predicted molar refractivity (Wildman–Crippen MR) is 86.3 cm³/mol. The largest absolute Gasteiger partial charge is 0.376 e. The zero-order valence-corrected chi connectivity index (χ0v) is 13.4. The Morgan fingerprint density at radius 2 is 2.05 bits per heavy atom. The van der Waals surface area contributed by atoms with Gasteiger partial charge in [-0.15, -0.1) is 0 Å². The van der Waals surface area contributed by atoms with E-state index in [1.165, 1.54) is 0 Å². The number of amides is 1. The third-order valence-corrected chi connectivity index (χ3v) is 4.43. The molecule has 2 aromatic rings. The van der Waals surface area contributed by atoms with Crippen LogP contribution >= 0.6 is 22.9 Å². The summed E-state index contributed by atoms with van der Waals surface area (Å²) in [6.07, 6.45) is -0.554. The van der Waals surface area contributed by atoms with Gasteiger partial charge in [0.05, 0.1) is 25.9 Å². The summed E-state index contributed by atoms with van der Waals surface area (Å²) < 4.78 is 10.8. The Hall–Kier alpha value is -1.40. The van der Waals surface area contributed by atoms with E-state index in [2.05, 4.69) is 5.32 Å². The summed E-state index contributed by atoms with van der Waals surface area (Å²) >= 11 is 7.54. The van der Waals surface area contributed by atoms with Gasteiger partial charge in [-0.05, 0) is 40.1 Å². The molecule has 2 atom stereocenters. The second-order valence-corrected chi connectivity index (χ2v) is 6.20. The second-order valence-electron chi connectivity index (χ2n) is 4.98. The van der Waals surface area contributed by atoms with Crippen molar-refractivity contribution in [2.24, 2.45) is 0 Å². The first-order valence-electron chi connectivity index (χ1n) is 7.01. The molecule has 1 aliphatic rings. The zero-order valence-electron chi connectivity index (χ0n) is 11.8. The van der Waals surface area contributed by atoms with Crippen molar-refractivity contribution < 1.29 is 14.3 Å². The Kier molecular flexibility index (Phi) is 5.10. The number of nitrogens with one attached hydrogen (secondary N) is 1. The van der Waals surface area contributed by atoms with Crippen LogP contribution in [0.1, 0.15) is 17.2 Å².